The Balaban J connectivity index is 2.55. The van der Waals surface area contributed by atoms with Gasteiger partial charge in [-0.2, -0.15) is 10.4 Å². The van der Waals surface area contributed by atoms with E-state index in [0.717, 1.165) is 16.8 Å². The lowest BCUT2D eigenvalue weighted by Crippen LogP contribution is -2.13. The predicted octanol–water partition coefficient (Wildman–Crippen LogP) is 3.25. The van der Waals surface area contributed by atoms with Gasteiger partial charge in [-0.25, -0.2) is 0 Å². The molecule has 1 N–H and O–H groups in total. The van der Waals surface area contributed by atoms with Gasteiger partial charge in [0.05, 0.1) is 17.8 Å². The minimum atomic E-state index is 0.00841. The first-order valence-corrected chi connectivity index (χ1v) is 5.57. The lowest BCUT2D eigenvalue weighted by Gasteiger charge is -2.18. The van der Waals surface area contributed by atoms with Crippen molar-refractivity contribution >= 4 is 0 Å². The number of hydrogen-bond donors (Lipinski definition) is 1. The third-order valence-corrected chi connectivity index (χ3v) is 2.69. The van der Waals surface area contributed by atoms with Crippen LogP contribution in [-0.2, 0) is 5.41 Å². The van der Waals surface area contributed by atoms with E-state index in [1.807, 2.05) is 24.4 Å². The highest BCUT2D eigenvalue weighted by Crippen LogP contribution is 2.31. The summed E-state index contributed by atoms with van der Waals surface area (Å²) in [5.74, 6) is 0. The number of aromatic amines is 1. The van der Waals surface area contributed by atoms with E-state index in [1.54, 1.807) is 6.07 Å². The molecule has 0 aliphatic carbocycles. The number of nitrogens with zero attached hydrogens (tertiary/aromatic N) is 2. The zero-order valence-corrected chi connectivity index (χ0v) is 10.3. The van der Waals surface area contributed by atoms with Crippen molar-refractivity contribution < 1.29 is 0 Å². The molecule has 0 fully saturated rings. The Labute approximate surface area is 101 Å². The number of rotatable bonds is 1. The van der Waals surface area contributed by atoms with Crippen LogP contribution in [0.4, 0.5) is 0 Å². The minimum Gasteiger partial charge on any atom is -0.281 e. The molecule has 2 rings (SSSR count). The fourth-order valence-electron chi connectivity index (χ4n) is 1.83. The fraction of sp³-hybridized carbons (Fsp3) is 0.286. The van der Waals surface area contributed by atoms with Crippen LogP contribution in [0.15, 0.2) is 30.5 Å². The molecule has 0 spiro atoms. The van der Waals surface area contributed by atoms with Gasteiger partial charge in [0.15, 0.2) is 0 Å². The molecule has 86 valence electrons. The molecule has 0 saturated heterocycles. The lowest BCUT2D eigenvalue weighted by molar-refractivity contribution is 0.568. The predicted molar refractivity (Wildman–Crippen MR) is 67.4 cm³/mol. The van der Waals surface area contributed by atoms with Crippen LogP contribution in [0.1, 0.15) is 32.0 Å². The van der Waals surface area contributed by atoms with Crippen molar-refractivity contribution in [3.05, 3.63) is 41.7 Å². The standard InChI is InChI=1S/C14H15N3/c1-14(2,3)13-12(9-16-17-13)11-6-4-5-10(7-11)8-15/h4-7,9H,1-3H3,(H,16,17). The summed E-state index contributed by atoms with van der Waals surface area (Å²) in [6.07, 6.45) is 1.82. The van der Waals surface area contributed by atoms with Crippen molar-refractivity contribution in [2.45, 2.75) is 26.2 Å². The minimum absolute atomic E-state index is 0.00841. The van der Waals surface area contributed by atoms with E-state index in [4.69, 9.17) is 5.26 Å². The quantitative estimate of drug-likeness (QED) is 0.810. The van der Waals surface area contributed by atoms with Crippen LogP contribution in [0.25, 0.3) is 11.1 Å². The third kappa shape index (κ3) is 2.21. The highest BCUT2D eigenvalue weighted by molar-refractivity contribution is 5.67. The van der Waals surface area contributed by atoms with Crippen LogP contribution in [0.3, 0.4) is 0 Å². The van der Waals surface area contributed by atoms with Crippen LogP contribution in [-0.4, -0.2) is 10.2 Å². The van der Waals surface area contributed by atoms with E-state index in [1.165, 1.54) is 0 Å². The molecule has 0 amide bonds. The highest BCUT2D eigenvalue weighted by atomic mass is 15.1. The Morgan fingerprint density at radius 2 is 2.06 bits per heavy atom. The van der Waals surface area contributed by atoms with Gasteiger partial charge < -0.3 is 0 Å². The molecule has 0 aliphatic rings. The van der Waals surface area contributed by atoms with E-state index in [2.05, 4.69) is 37.0 Å². The van der Waals surface area contributed by atoms with Gasteiger partial charge in [0, 0.05) is 16.7 Å². The summed E-state index contributed by atoms with van der Waals surface area (Å²) in [6.45, 7) is 6.41. The molecule has 2 aromatic rings. The normalized spacial score (nSPS) is 11.2. The van der Waals surface area contributed by atoms with Crippen LogP contribution < -0.4 is 0 Å². The summed E-state index contributed by atoms with van der Waals surface area (Å²) in [7, 11) is 0. The van der Waals surface area contributed by atoms with Gasteiger partial charge in [-0.1, -0.05) is 32.9 Å². The maximum Gasteiger partial charge on any atom is 0.0991 e. The number of hydrogen-bond acceptors (Lipinski definition) is 2. The summed E-state index contributed by atoms with van der Waals surface area (Å²) < 4.78 is 0. The number of nitriles is 1. The molecule has 0 unspecified atom stereocenters. The average Bonchev–Trinajstić information content (AvgIpc) is 2.77. The molecule has 0 saturated carbocycles. The molecule has 17 heavy (non-hydrogen) atoms. The van der Waals surface area contributed by atoms with Gasteiger partial charge in [-0.3, -0.25) is 5.10 Å². The summed E-state index contributed by atoms with van der Waals surface area (Å²) >= 11 is 0. The topological polar surface area (TPSA) is 52.5 Å². The zero-order valence-electron chi connectivity index (χ0n) is 10.3. The summed E-state index contributed by atoms with van der Waals surface area (Å²) in [6, 6.07) is 9.75. The average molecular weight is 225 g/mol. The maximum atomic E-state index is 8.92. The fourth-order valence-corrected chi connectivity index (χ4v) is 1.83. The van der Waals surface area contributed by atoms with E-state index < -0.39 is 0 Å². The summed E-state index contributed by atoms with van der Waals surface area (Å²) in [4.78, 5) is 0. The second-order valence-electron chi connectivity index (χ2n) is 5.10. The highest BCUT2D eigenvalue weighted by Gasteiger charge is 2.20. The van der Waals surface area contributed by atoms with Gasteiger partial charge in [0.2, 0.25) is 0 Å². The van der Waals surface area contributed by atoms with Crippen LogP contribution in [0, 0.1) is 11.3 Å². The third-order valence-electron chi connectivity index (χ3n) is 2.69. The first-order chi connectivity index (χ1) is 8.02. The Morgan fingerprint density at radius 3 is 2.71 bits per heavy atom. The molecule has 0 radical (unpaired) electrons. The Hall–Kier alpha value is -2.08. The molecule has 0 aliphatic heterocycles. The molecular weight excluding hydrogens is 210 g/mol. The second-order valence-corrected chi connectivity index (χ2v) is 5.10. The number of benzene rings is 1. The van der Waals surface area contributed by atoms with Gasteiger partial charge in [0.1, 0.15) is 0 Å². The first-order valence-electron chi connectivity index (χ1n) is 5.57. The molecule has 1 aromatic carbocycles. The largest absolute Gasteiger partial charge is 0.281 e. The van der Waals surface area contributed by atoms with Crippen LogP contribution in [0.5, 0.6) is 0 Å². The number of H-pyrrole nitrogens is 1. The number of aromatic nitrogens is 2. The van der Waals surface area contributed by atoms with Crippen molar-refractivity contribution in [2.24, 2.45) is 0 Å². The second kappa shape index (κ2) is 4.06. The molecule has 3 heteroatoms. The molecule has 3 nitrogen and oxygen atoms in total. The Kier molecular flexibility index (Phi) is 2.72. The van der Waals surface area contributed by atoms with Crippen LogP contribution >= 0.6 is 0 Å². The van der Waals surface area contributed by atoms with Gasteiger partial charge >= 0.3 is 0 Å². The first kappa shape index (κ1) is 11.4. The van der Waals surface area contributed by atoms with Crippen molar-refractivity contribution in [1.29, 1.82) is 5.26 Å². The van der Waals surface area contributed by atoms with E-state index in [9.17, 15) is 0 Å². The molecular formula is C14H15N3. The Morgan fingerprint density at radius 1 is 1.29 bits per heavy atom. The van der Waals surface area contributed by atoms with E-state index >= 15 is 0 Å². The van der Waals surface area contributed by atoms with Crippen molar-refractivity contribution in [3.8, 4) is 17.2 Å². The van der Waals surface area contributed by atoms with Crippen molar-refractivity contribution in [2.75, 3.05) is 0 Å². The van der Waals surface area contributed by atoms with Gasteiger partial charge in [-0.15, -0.1) is 0 Å². The summed E-state index contributed by atoms with van der Waals surface area (Å²) in [5.41, 5.74) is 3.86. The van der Waals surface area contributed by atoms with Crippen molar-refractivity contribution in [3.63, 3.8) is 0 Å². The lowest BCUT2D eigenvalue weighted by atomic mass is 9.87. The Bertz CT molecular complexity index is 568. The van der Waals surface area contributed by atoms with Crippen molar-refractivity contribution in [1.82, 2.24) is 10.2 Å². The molecule has 0 bridgehead atoms. The number of nitrogens with one attached hydrogen (secondary N) is 1. The van der Waals surface area contributed by atoms with Crippen LogP contribution in [0.2, 0.25) is 0 Å². The van der Waals surface area contributed by atoms with Gasteiger partial charge in [-0.05, 0) is 17.7 Å². The molecule has 1 aromatic heterocycles. The molecule has 0 atom stereocenters. The summed E-state index contributed by atoms with van der Waals surface area (Å²) in [5, 5.41) is 16.1. The van der Waals surface area contributed by atoms with E-state index in [0.29, 0.717) is 5.56 Å². The van der Waals surface area contributed by atoms with E-state index in [-0.39, 0.29) is 5.41 Å². The van der Waals surface area contributed by atoms with Gasteiger partial charge in [0.25, 0.3) is 0 Å². The SMILES string of the molecule is CC(C)(C)c1[nH]ncc1-c1cccc(C#N)c1. The zero-order chi connectivity index (χ0) is 12.5. The molecule has 1 heterocycles. The maximum absolute atomic E-state index is 8.92. The monoisotopic (exact) mass is 225 g/mol. The smallest absolute Gasteiger partial charge is 0.0991 e.